The number of hydrogen-bond acceptors (Lipinski definition) is 6. The first-order chi connectivity index (χ1) is 17.9. The van der Waals surface area contributed by atoms with Crippen LogP contribution in [0.3, 0.4) is 0 Å². The molecule has 0 amide bonds. The molecule has 2 aromatic rings. The van der Waals surface area contributed by atoms with E-state index in [0.29, 0.717) is 36.0 Å². The third-order valence-corrected chi connectivity index (χ3v) is 12.5. The van der Waals surface area contributed by atoms with Crippen molar-refractivity contribution < 1.29 is 26.3 Å². The fourth-order valence-corrected chi connectivity index (χ4v) is 8.50. The number of epoxide rings is 2. The van der Waals surface area contributed by atoms with E-state index < -0.39 is 20.0 Å². The van der Waals surface area contributed by atoms with Crippen LogP contribution in [0.4, 0.5) is 0 Å². The number of aryl methyl sites for hydroxylation is 2. The standard InChI is InChI=1S/2C14H19NO3S/c2*1-11-3-5-13(6-4-11)19(16,17)15-9-7-14(8-10-15)12(2)18-14/h2*3-6,12H,7-10H2,1-2H3/t2*12-/m11/s1. The zero-order valence-electron chi connectivity index (χ0n) is 22.6. The highest BCUT2D eigenvalue weighted by Gasteiger charge is 2.56. The molecule has 4 heterocycles. The van der Waals surface area contributed by atoms with Crippen molar-refractivity contribution in [2.24, 2.45) is 0 Å². The molecule has 2 aromatic carbocycles. The summed E-state index contributed by atoms with van der Waals surface area (Å²) < 4.78 is 64.4. The number of nitrogens with zero attached hydrogens (tertiary/aromatic N) is 2. The molecule has 4 fully saturated rings. The molecule has 0 unspecified atom stereocenters. The van der Waals surface area contributed by atoms with Crippen LogP contribution >= 0.6 is 0 Å². The Morgan fingerprint density at radius 3 is 1.11 bits per heavy atom. The SMILES string of the molecule is Cc1ccc(S(=O)(=O)N2CCC3(CC2)O[C@@H]3C)cc1.Cc1ccc(S(=O)(=O)N2CCC3(CC2)O[C@@H]3C)cc1. The molecule has 8 nitrogen and oxygen atoms in total. The zero-order chi connectivity index (χ0) is 27.3. The minimum absolute atomic E-state index is 0.0285. The summed E-state index contributed by atoms with van der Waals surface area (Å²) in [6, 6.07) is 14.1. The summed E-state index contributed by atoms with van der Waals surface area (Å²) >= 11 is 0. The maximum absolute atomic E-state index is 12.5. The number of piperidine rings is 2. The predicted octanol–water partition coefficient (Wildman–Crippen LogP) is 3.87. The summed E-state index contributed by atoms with van der Waals surface area (Å²) in [5, 5.41) is 0. The number of hydrogen-bond donors (Lipinski definition) is 0. The van der Waals surface area contributed by atoms with Gasteiger partial charge < -0.3 is 9.47 Å². The van der Waals surface area contributed by atoms with Crippen LogP contribution in [0.25, 0.3) is 0 Å². The van der Waals surface area contributed by atoms with Gasteiger partial charge in [-0.1, -0.05) is 35.4 Å². The largest absolute Gasteiger partial charge is 0.366 e. The summed E-state index contributed by atoms with van der Waals surface area (Å²) in [5.74, 6) is 0. The number of sulfonamides is 2. The van der Waals surface area contributed by atoms with Crippen LogP contribution in [-0.4, -0.2) is 75.0 Å². The normalized spacial score (nSPS) is 26.5. The maximum atomic E-state index is 12.5. The lowest BCUT2D eigenvalue weighted by atomic mass is 9.95. The van der Waals surface area contributed by atoms with Crippen molar-refractivity contribution >= 4 is 20.0 Å². The zero-order valence-corrected chi connectivity index (χ0v) is 24.2. The molecular formula is C28H38N2O6S2. The molecule has 0 aromatic heterocycles. The quantitative estimate of drug-likeness (QED) is 0.525. The number of rotatable bonds is 4. The monoisotopic (exact) mass is 562 g/mol. The van der Waals surface area contributed by atoms with Gasteiger partial charge in [-0.15, -0.1) is 0 Å². The summed E-state index contributed by atoms with van der Waals surface area (Å²) in [6.07, 6.45) is 3.80. The van der Waals surface area contributed by atoms with Gasteiger partial charge in [-0.2, -0.15) is 8.61 Å². The number of benzene rings is 2. The van der Waals surface area contributed by atoms with E-state index >= 15 is 0 Å². The van der Waals surface area contributed by atoms with Crippen molar-refractivity contribution in [3.8, 4) is 0 Å². The van der Waals surface area contributed by atoms with Crippen molar-refractivity contribution in [1.29, 1.82) is 0 Å². The Morgan fingerprint density at radius 2 is 0.868 bits per heavy atom. The van der Waals surface area contributed by atoms with Gasteiger partial charge in [0, 0.05) is 26.2 Å². The highest BCUT2D eigenvalue weighted by molar-refractivity contribution is 7.89. The second-order valence-electron chi connectivity index (χ2n) is 11.1. The highest BCUT2D eigenvalue weighted by atomic mass is 32.2. The lowest BCUT2D eigenvalue weighted by Gasteiger charge is -2.29. The van der Waals surface area contributed by atoms with Gasteiger partial charge in [0.2, 0.25) is 20.0 Å². The van der Waals surface area contributed by atoms with Gasteiger partial charge in [-0.05, 0) is 77.6 Å². The Kier molecular flexibility index (Phi) is 7.28. The summed E-state index contributed by atoms with van der Waals surface area (Å²) in [4.78, 5) is 0.776. The fraction of sp³-hybridized carbons (Fsp3) is 0.571. The molecule has 4 aliphatic heterocycles. The van der Waals surface area contributed by atoms with E-state index in [9.17, 15) is 16.8 Å². The first-order valence-electron chi connectivity index (χ1n) is 13.4. The fourth-order valence-electron chi connectivity index (χ4n) is 5.61. The van der Waals surface area contributed by atoms with Crippen molar-refractivity contribution in [1.82, 2.24) is 8.61 Å². The Labute approximate surface area is 227 Å². The maximum Gasteiger partial charge on any atom is 0.243 e. The summed E-state index contributed by atoms with van der Waals surface area (Å²) in [6.45, 7) is 10.2. The molecule has 4 aliphatic rings. The molecule has 208 valence electrons. The first-order valence-corrected chi connectivity index (χ1v) is 16.3. The Bertz CT molecular complexity index is 1250. The molecular weight excluding hydrogens is 524 g/mol. The van der Waals surface area contributed by atoms with Gasteiger partial charge in [-0.25, -0.2) is 16.8 Å². The van der Waals surface area contributed by atoms with Crippen LogP contribution < -0.4 is 0 Å². The van der Waals surface area contributed by atoms with E-state index in [1.165, 1.54) is 0 Å². The molecule has 0 saturated carbocycles. The minimum Gasteiger partial charge on any atom is -0.366 e. The topological polar surface area (TPSA) is 99.8 Å². The van der Waals surface area contributed by atoms with Crippen LogP contribution in [0.5, 0.6) is 0 Å². The Morgan fingerprint density at radius 1 is 0.605 bits per heavy atom. The molecule has 0 bridgehead atoms. The third-order valence-electron chi connectivity index (χ3n) is 8.65. The van der Waals surface area contributed by atoms with Gasteiger partial charge in [0.05, 0.1) is 33.2 Å². The molecule has 38 heavy (non-hydrogen) atoms. The molecule has 2 spiro atoms. The van der Waals surface area contributed by atoms with Crippen molar-refractivity contribution in [2.45, 2.75) is 86.6 Å². The van der Waals surface area contributed by atoms with Crippen LogP contribution in [0.2, 0.25) is 0 Å². The lowest BCUT2D eigenvalue weighted by molar-refractivity contribution is 0.200. The second-order valence-corrected chi connectivity index (χ2v) is 15.0. The Balaban J connectivity index is 0.000000155. The van der Waals surface area contributed by atoms with E-state index in [-0.39, 0.29) is 23.4 Å². The van der Waals surface area contributed by atoms with E-state index in [2.05, 4.69) is 13.8 Å². The van der Waals surface area contributed by atoms with Crippen molar-refractivity contribution in [2.75, 3.05) is 26.2 Å². The van der Waals surface area contributed by atoms with Crippen LogP contribution in [0.1, 0.15) is 50.7 Å². The summed E-state index contributed by atoms with van der Waals surface area (Å²) in [5.41, 5.74) is 2.08. The first kappa shape index (κ1) is 27.7. The van der Waals surface area contributed by atoms with Gasteiger partial charge in [-0.3, -0.25) is 0 Å². The second kappa shape index (κ2) is 9.98. The molecule has 4 saturated heterocycles. The van der Waals surface area contributed by atoms with E-state index in [4.69, 9.17) is 9.47 Å². The summed E-state index contributed by atoms with van der Waals surface area (Å²) in [7, 11) is -6.68. The smallest absolute Gasteiger partial charge is 0.243 e. The third kappa shape index (κ3) is 5.31. The average Bonchev–Trinajstić information content (AvgIpc) is 3.73. The molecule has 0 N–H and O–H groups in total. The van der Waals surface area contributed by atoms with Gasteiger partial charge in [0.1, 0.15) is 0 Å². The van der Waals surface area contributed by atoms with Gasteiger partial charge in [0.15, 0.2) is 0 Å². The van der Waals surface area contributed by atoms with Gasteiger partial charge in [0.25, 0.3) is 0 Å². The van der Waals surface area contributed by atoms with Crippen LogP contribution in [0.15, 0.2) is 58.3 Å². The van der Waals surface area contributed by atoms with Gasteiger partial charge >= 0.3 is 0 Å². The molecule has 10 heteroatoms. The molecule has 0 radical (unpaired) electrons. The molecule has 6 rings (SSSR count). The average molecular weight is 563 g/mol. The van der Waals surface area contributed by atoms with E-state index in [1.54, 1.807) is 32.9 Å². The highest BCUT2D eigenvalue weighted by Crippen LogP contribution is 2.46. The minimum atomic E-state index is -3.34. The van der Waals surface area contributed by atoms with E-state index in [0.717, 1.165) is 36.8 Å². The predicted molar refractivity (Wildman–Crippen MR) is 145 cm³/mol. The van der Waals surface area contributed by atoms with Crippen LogP contribution in [0, 0.1) is 13.8 Å². The van der Waals surface area contributed by atoms with E-state index in [1.807, 2.05) is 38.1 Å². The lowest BCUT2D eigenvalue weighted by Crippen LogP contribution is -2.42. The van der Waals surface area contributed by atoms with Crippen molar-refractivity contribution in [3.05, 3.63) is 59.7 Å². The van der Waals surface area contributed by atoms with Crippen molar-refractivity contribution in [3.63, 3.8) is 0 Å². The van der Waals surface area contributed by atoms with Crippen LogP contribution in [-0.2, 0) is 29.5 Å². The molecule has 0 aliphatic carbocycles. The molecule has 2 atom stereocenters. The number of ether oxygens (including phenoxy) is 2. The Hall–Kier alpha value is -1.82.